The Kier molecular flexibility index (Phi) is 11.9. The van der Waals surface area contributed by atoms with Gasteiger partial charge in [0.15, 0.2) is 0 Å². The molecule has 2 aliphatic rings. The number of nitriles is 1. The molecule has 3 atom stereocenters. The van der Waals surface area contributed by atoms with Crippen molar-refractivity contribution in [3.05, 3.63) is 99.8 Å². The van der Waals surface area contributed by atoms with E-state index in [9.17, 15) is 25.4 Å². The highest BCUT2D eigenvalue weighted by Gasteiger charge is 2.32. The zero-order chi connectivity index (χ0) is 36.7. The van der Waals surface area contributed by atoms with Gasteiger partial charge in [0.05, 0.1) is 29.9 Å². The summed E-state index contributed by atoms with van der Waals surface area (Å²) < 4.78 is 18.7. The standard InChI is InChI=1S/C39H42ClN5O7/c1-39(24-46,38(48)49)43-21-27-9-12-35(44-37(27)51-23-26-17-25(18-41)19-42-20-26)52-33-11-10-30-29(5-2-6-31(30)33)32-7-3-8-34(36(32)40)50-16-4-14-45-15-13-28(47)22-45/h2-3,5-9,12,17,19-20,28,33,43,46-47H,4,10-11,13-16,21-24H2,1H3,(H,48,49)/t28-,33+,39?/m1/s1. The van der Waals surface area contributed by atoms with E-state index in [2.05, 4.69) is 32.3 Å². The third-order valence-electron chi connectivity index (χ3n) is 9.53. The Labute approximate surface area is 307 Å². The number of halogens is 1. The van der Waals surface area contributed by atoms with E-state index in [1.807, 2.05) is 30.3 Å². The molecule has 2 aromatic carbocycles. The molecule has 272 valence electrons. The Morgan fingerprint density at radius 1 is 1.13 bits per heavy atom. The summed E-state index contributed by atoms with van der Waals surface area (Å²) in [6, 6.07) is 19.1. The van der Waals surface area contributed by atoms with E-state index in [0.29, 0.717) is 52.9 Å². The summed E-state index contributed by atoms with van der Waals surface area (Å²) in [5.74, 6) is -0.0228. The zero-order valence-electron chi connectivity index (χ0n) is 28.9. The fraction of sp³-hybridized carbons (Fsp3) is 0.385. The van der Waals surface area contributed by atoms with E-state index in [1.54, 1.807) is 24.4 Å². The fourth-order valence-electron chi connectivity index (χ4n) is 6.50. The van der Waals surface area contributed by atoms with Crippen molar-refractivity contribution in [1.29, 1.82) is 5.26 Å². The SMILES string of the molecule is CC(CO)(NCc1ccc(O[C@H]2CCc3c(-c4cccc(OCCCN5CC[C@@H](O)C5)c4Cl)cccc32)nc1OCc1cncc(C#N)c1)C(=O)O. The van der Waals surface area contributed by atoms with Crippen molar-refractivity contribution in [1.82, 2.24) is 20.2 Å². The Morgan fingerprint density at radius 3 is 2.73 bits per heavy atom. The minimum Gasteiger partial charge on any atom is -0.492 e. The highest BCUT2D eigenvalue weighted by Crippen LogP contribution is 2.43. The van der Waals surface area contributed by atoms with Crippen LogP contribution in [-0.4, -0.2) is 80.6 Å². The van der Waals surface area contributed by atoms with Crippen LogP contribution in [0.3, 0.4) is 0 Å². The van der Waals surface area contributed by atoms with Crippen LogP contribution in [0.2, 0.25) is 5.02 Å². The van der Waals surface area contributed by atoms with Crippen LogP contribution in [0, 0.1) is 11.3 Å². The van der Waals surface area contributed by atoms with Crippen LogP contribution in [0.1, 0.15) is 60.1 Å². The molecule has 52 heavy (non-hydrogen) atoms. The van der Waals surface area contributed by atoms with Crippen molar-refractivity contribution in [3.8, 4) is 34.7 Å². The number of nitrogens with zero attached hydrogens (tertiary/aromatic N) is 4. The number of aliphatic hydroxyl groups is 2. The van der Waals surface area contributed by atoms with Gasteiger partial charge in [-0.2, -0.15) is 10.2 Å². The molecule has 12 nitrogen and oxygen atoms in total. The topological polar surface area (TPSA) is 170 Å². The molecule has 1 saturated heterocycles. The van der Waals surface area contributed by atoms with Crippen molar-refractivity contribution in [2.24, 2.45) is 0 Å². The first-order valence-corrected chi connectivity index (χ1v) is 17.7. The van der Waals surface area contributed by atoms with Crippen LogP contribution >= 0.6 is 11.6 Å². The first-order valence-electron chi connectivity index (χ1n) is 17.3. The van der Waals surface area contributed by atoms with E-state index in [4.69, 9.17) is 25.8 Å². The van der Waals surface area contributed by atoms with Crippen LogP contribution in [0.15, 0.2) is 67.0 Å². The molecule has 4 aromatic rings. The third-order valence-corrected chi connectivity index (χ3v) is 9.92. The van der Waals surface area contributed by atoms with Crippen LogP contribution in [0.25, 0.3) is 11.1 Å². The Balaban J connectivity index is 1.18. The molecule has 0 saturated carbocycles. The number of aromatic nitrogens is 2. The summed E-state index contributed by atoms with van der Waals surface area (Å²) >= 11 is 6.94. The number of carboxylic acids is 1. The lowest BCUT2D eigenvalue weighted by Gasteiger charge is -2.24. The van der Waals surface area contributed by atoms with Gasteiger partial charge in [0, 0.05) is 61.3 Å². The molecule has 0 radical (unpaired) electrons. The second-order valence-corrected chi connectivity index (χ2v) is 13.7. The molecule has 1 fully saturated rings. The summed E-state index contributed by atoms with van der Waals surface area (Å²) in [5.41, 5.74) is 4.10. The molecule has 0 spiro atoms. The summed E-state index contributed by atoms with van der Waals surface area (Å²) in [6.07, 6.45) is 5.66. The van der Waals surface area contributed by atoms with Crippen LogP contribution in [0.5, 0.6) is 17.5 Å². The second kappa shape index (κ2) is 16.7. The Bertz CT molecular complexity index is 1940. The fourth-order valence-corrected chi connectivity index (χ4v) is 6.78. The van der Waals surface area contributed by atoms with Gasteiger partial charge in [0.1, 0.15) is 30.1 Å². The number of nitrogens with one attached hydrogen (secondary N) is 1. The highest BCUT2D eigenvalue weighted by molar-refractivity contribution is 6.34. The second-order valence-electron chi connectivity index (χ2n) is 13.3. The van der Waals surface area contributed by atoms with Crippen LogP contribution in [0.4, 0.5) is 0 Å². The van der Waals surface area contributed by atoms with E-state index in [0.717, 1.165) is 54.6 Å². The molecule has 2 aromatic heterocycles. The van der Waals surface area contributed by atoms with Gasteiger partial charge in [-0.1, -0.05) is 41.9 Å². The van der Waals surface area contributed by atoms with Crippen LogP contribution in [-0.2, 0) is 24.4 Å². The predicted molar refractivity (Wildman–Crippen MR) is 193 cm³/mol. The number of carbonyl (C=O) groups is 1. The smallest absolute Gasteiger partial charge is 0.326 e. The number of benzene rings is 2. The number of pyridine rings is 2. The van der Waals surface area contributed by atoms with Gasteiger partial charge in [-0.25, -0.2) is 0 Å². The first kappa shape index (κ1) is 37.0. The molecule has 1 unspecified atom stereocenters. The normalized spacial score (nSPS) is 18.0. The summed E-state index contributed by atoms with van der Waals surface area (Å²) in [5, 5.41) is 41.9. The lowest BCUT2D eigenvalue weighted by atomic mass is 9.96. The van der Waals surface area contributed by atoms with E-state index < -0.39 is 18.1 Å². The molecule has 0 bridgehead atoms. The maximum Gasteiger partial charge on any atom is 0.326 e. The number of hydrogen-bond acceptors (Lipinski definition) is 11. The monoisotopic (exact) mass is 727 g/mol. The molecule has 4 N–H and O–H groups in total. The number of β-amino-alcohol motifs (C(OH)–C–C–N with tert-alkyl or cyclic N) is 1. The average molecular weight is 728 g/mol. The minimum absolute atomic E-state index is 0.0458. The lowest BCUT2D eigenvalue weighted by Crippen LogP contribution is -2.52. The Morgan fingerprint density at radius 2 is 1.96 bits per heavy atom. The summed E-state index contributed by atoms with van der Waals surface area (Å²) in [6.45, 7) is 3.90. The summed E-state index contributed by atoms with van der Waals surface area (Å²) in [4.78, 5) is 22.8. The first-order chi connectivity index (χ1) is 25.2. The van der Waals surface area contributed by atoms with Crippen molar-refractivity contribution in [3.63, 3.8) is 0 Å². The van der Waals surface area contributed by atoms with Gasteiger partial charge in [-0.3, -0.25) is 15.1 Å². The largest absolute Gasteiger partial charge is 0.492 e. The number of carboxylic acid groups (broad SMARTS) is 1. The van der Waals surface area contributed by atoms with Gasteiger partial charge in [-0.15, -0.1) is 0 Å². The van der Waals surface area contributed by atoms with Gasteiger partial charge < -0.3 is 34.4 Å². The number of aliphatic hydroxyl groups excluding tert-OH is 2. The van der Waals surface area contributed by atoms with Gasteiger partial charge in [0.2, 0.25) is 11.8 Å². The van der Waals surface area contributed by atoms with Gasteiger partial charge in [0.25, 0.3) is 0 Å². The molecule has 13 heteroatoms. The van der Waals surface area contributed by atoms with Crippen molar-refractivity contribution in [2.75, 3.05) is 32.8 Å². The maximum atomic E-state index is 11.8. The number of rotatable bonds is 16. The number of likely N-dealkylation sites (tertiary alicyclic amines) is 1. The zero-order valence-corrected chi connectivity index (χ0v) is 29.7. The third kappa shape index (κ3) is 8.63. The molecular formula is C39H42ClN5O7. The minimum atomic E-state index is -1.57. The maximum absolute atomic E-state index is 11.8. The molecule has 3 heterocycles. The molecule has 0 amide bonds. The molecule has 1 aliphatic heterocycles. The van der Waals surface area contributed by atoms with Crippen LogP contribution < -0.4 is 19.5 Å². The lowest BCUT2D eigenvalue weighted by molar-refractivity contribution is -0.145. The molecular weight excluding hydrogens is 686 g/mol. The average Bonchev–Trinajstić information content (AvgIpc) is 3.77. The van der Waals surface area contributed by atoms with E-state index in [-0.39, 0.29) is 31.2 Å². The molecule has 6 rings (SSSR count). The number of ether oxygens (including phenoxy) is 3. The number of fused-ring (bicyclic) bond motifs is 1. The quantitative estimate of drug-likeness (QED) is 0.113. The van der Waals surface area contributed by atoms with E-state index in [1.165, 1.54) is 13.1 Å². The molecule has 1 aliphatic carbocycles. The highest BCUT2D eigenvalue weighted by atomic mass is 35.5. The Hall–Kier alpha value is -4.77. The predicted octanol–water partition coefficient (Wildman–Crippen LogP) is 5.07. The van der Waals surface area contributed by atoms with Gasteiger partial charge >= 0.3 is 5.97 Å². The number of aliphatic carboxylic acids is 1. The van der Waals surface area contributed by atoms with E-state index >= 15 is 0 Å². The van der Waals surface area contributed by atoms with Crippen molar-refractivity contribution in [2.45, 2.75) is 63.5 Å². The van der Waals surface area contributed by atoms with Crippen molar-refractivity contribution < 1.29 is 34.3 Å². The van der Waals surface area contributed by atoms with Gasteiger partial charge in [-0.05, 0) is 67.5 Å². The number of hydrogen-bond donors (Lipinski definition) is 4. The summed E-state index contributed by atoms with van der Waals surface area (Å²) in [7, 11) is 0. The van der Waals surface area contributed by atoms with Crippen molar-refractivity contribution >= 4 is 17.6 Å².